The molecule has 0 bridgehead atoms. The zero-order chi connectivity index (χ0) is 20.0. The number of carbonyl (C=O) groups is 2. The number of likely N-dealkylation sites (tertiary alicyclic amines) is 1. The third-order valence-electron chi connectivity index (χ3n) is 4.75. The average Bonchev–Trinajstić information content (AvgIpc) is 2.66. The molecule has 0 N–H and O–H groups in total. The van der Waals surface area contributed by atoms with Crippen molar-refractivity contribution < 1.29 is 22.7 Å². The summed E-state index contributed by atoms with van der Waals surface area (Å²) in [6.07, 6.45) is 2.05. The molecule has 1 aliphatic rings. The fourth-order valence-electron chi connectivity index (χ4n) is 3.21. The number of sulfonamides is 1. The molecular weight excluding hydrogens is 368 g/mol. The minimum absolute atomic E-state index is 0.0387. The predicted octanol–water partition coefficient (Wildman–Crippen LogP) is 2.13. The molecule has 2 rings (SSSR count). The van der Waals surface area contributed by atoms with Crippen LogP contribution in [0.4, 0.5) is 0 Å². The van der Waals surface area contributed by atoms with Crippen molar-refractivity contribution in [3.63, 3.8) is 0 Å². The molecule has 1 fully saturated rings. The van der Waals surface area contributed by atoms with E-state index in [1.54, 1.807) is 18.7 Å². The van der Waals surface area contributed by atoms with Gasteiger partial charge >= 0.3 is 5.97 Å². The third kappa shape index (κ3) is 5.29. The quantitative estimate of drug-likeness (QED) is 0.659. The number of nitrogens with zero attached hydrogens (tertiary/aromatic N) is 2. The second kappa shape index (κ2) is 9.32. The van der Waals surface area contributed by atoms with Gasteiger partial charge in [0.2, 0.25) is 10.0 Å². The molecule has 0 aliphatic carbocycles. The van der Waals surface area contributed by atoms with E-state index in [1.807, 2.05) is 0 Å². The Labute approximate surface area is 161 Å². The predicted molar refractivity (Wildman–Crippen MR) is 102 cm³/mol. The smallest absolute Gasteiger partial charge is 0.338 e. The van der Waals surface area contributed by atoms with E-state index in [-0.39, 0.29) is 23.0 Å². The van der Waals surface area contributed by atoms with Crippen LogP contribution in [-0.4, -0.2) is 62.3 Å². The summed E-state index contributed by atoms with van der Waals surface area (Å²) in [5, 5.41) is 0. The maximum atomic E-state index is 12.6. The number of hydrogen-bond donors (Lipinski definition) is 0. The lowest BCUT2D eigenvalue weighted by Crippen LogP contribution is -2.41. The summed E-state index contributed by atoms with van der Waals surface area (Å²) in [7, 11) is -3.66. The molecule has 1 atom stereocenters. The molecule has 1 saturated heterocycles. The Balaban J connectivity index is 2.04. The Morgan fingerprint density at radius 1 is 1.26 bits per heavy atom. The number of carbonyl (C=O) groups excluding carboxylic acids is 2. The molecule has 1 aromatic carbocycles. The maximum Gasteiger partial charge on any atom is 0.338 e. The second-order valence-corrected chi connectivity index (χ2v) is 8.72. The number of rotatable bonds is 7. The van der Waals surface area contributed by atoms with Gasteiger partial charge in [0.25, 0.3) is 5.91 Å². The summed E-state index contributed by atoms with van der Waals surface area (Å²) >= 11 is 0. The molecule has 1 amide bonds. The van der Waals surface area contributed by atoms with Crippen LogP contribution in [0.2, 0.25) is 0 Å². The molecule has 0 spiro atoms. The summed E-state index contributed by atoms with van der Waals surface area (Å²) in [5.41, 5.74) is 0.114. The first-order valence-corrected chi connectivity index (χ1v) is 10.8. The van der Waals surface area contributed by atoms with E-state index in [4.69, 9.17) is 4.74 Å². The number of piperidine rings is 1. The summed E-state index contributed by atoms with van der Waals surface area (Å²) in [6.45, 7) is 7.31. The molecule has 1 aromatic rings. The van der Waals surface area contributed by atoms with Gasteiger partial charge in [0.15, 0.2) is 6.61 Å². The molecule has 7 nitrogen and oxygen atoms in total. The minimum Gasteiger partial charge on any atom is -0.452 e. The van der Waals surface area contributed by atoms with Crippen LogP contribution in [0.15, 0.2) is 29.2 Å². The molecule has 27 heavy (non-hydrogen) atoms. The molecule has 1 unspecified atom stereocenters. The van der Waals surface area contributed by atoms with E-state index in [2.05, 4.69) is 6.92 Å². The second-order valence-electron chi connectivity index (χ2n) is 6.78. The molecular formula is C19H28N2O5S. The Morgan fingerprint density at radius 3 is 2.59 bits per heavy atom. The Morgan fingerprint density at radius 2 is 1.96 bits per heavy atom. The third-order valence-corrected chi connectivity index (χ3v) is 6.80. The van der Waals surface area contributed by atoms with Crippen molar-refractivity contribution in [1.29, 1.82) is 0 Å². The highest BCUT2D eigenvalue weighted by Crippen LogP contribution is 2.18. The van der Waals surface area contributed by atoms with Crippen molar-refractivity contribution in [2.75, 3.05) is 32.8 Å². The van der Waals surface area contributed by atoms with Crippen LogP contribution < -0.4 is 0 Å². The molecule has 0 radical (unpaired) electrons. The van der Waals surface area contributed by atoms with Gasteiger partial charge in [-0.2, -0.15) is 4.31 Å². The zero-order valence-corrected chi connectivity index (χ0v) is 17.0. The Bertz CT molecular complexity index is 774. The monoisotopic (exact) mass is 396 g/mol. The summed E-state index contributed by atoms with van der Waals surface area (Å²) in [6, 6.07) is 5.73. The van der Waals surface area contributed by atoms with Crippen molar-refractivity contribution in [3.05, 3.63) is 29.8 Å². The highest BCUT2D eigenvalue weighted by molar-refractivity contribution is 7.89. The van der Waals surface area contributed by atoms with Crippen molar-refractivity contribution >= 4 is 21.9 Å². The van der Waals surface area contributed by atoms with Gasteiger partial charge in [0, 0.05) is 26.2 Å². The first-order chi connectivity index (χ1) is 12.8. The topological polar surface area (TPSA) is 84.0 Å². The summed E-state index contributed by atoms with van der Waals surface area (Å²) in [5.74, 6) is -0.479. The van der Waals surface area contributed by atoms with Crippen LogP contribution in [0.5, 0.6) is 0 Å². The van der Waals surface area contributed by atoms with Crippen LogP contribution >= 0.6 is 0 Å². The average molecular weight is 397 g/mol. The molecule has 0 aromatic heterocycles. The van der Waals surface area contributed by atoms with Crippen LogP contribution in [-0.2, 0) is 19.6 Å². The molecule has 1 aliphatic heterocycles. The van der Waals surface area contributed by atoms with Gasteiger partial charge in [0.05, 0.1) is 10.5 Å². The summed E-state index contributed by atoms with van der Waals surface area (Å²) in [4.78, 5) is 26.3. The van der Waals surface area contributed by atoms with Crippen molar-refractivity contribution in [3.8, 4) is 0 Å². The maximum absolute atomic E-state index is 12.6. The van der Waals surface area contributed by atoms with Gasteiger partial charge in [-0.25, -0.2) is 13.2 Å². The Hall–Kier alpha value is -1.93. The largest absolute Gasteiger partial charge is 0.452 e. The first-order valence-electron chi connectivity index (χ1n) is 9.34. The highest BCUT2D eigenvalue weighted by Gasteiger charge is 2.24. The fraction of sp³-hybridized carbons (Fsp3) is 0.579. The van der Waals surface area contributed by atoms with Crippen LogP contribution in [0.3, 0.4) is 0 Å². The lowest BCUT2D eigenvalue weighted by molar-refractivity contribution is -0.136. The van der Waals surface area contributed by atoms with Crippen molar-refractivity contribution in [2.24, 2.45) is 5.92 Å². The zero-order valence-electron chi connectivity index (χ0n) is 16.2. The first kappa shape index (κ1) is 21.4. The molecule has 8 heteroatoms. The fourth-order valence-corrected chi connectivity index (χ4v) is 4.72. The van der Waals surface area contributed by atoms with E-state index in [0.29, 0.717) is 32.1 Å². The van der Waals surface area contributed by atoms with Gasteiger partial charge < -0.3 is 9.64 Å². The van der Waals surface area contributed by atoms with E-state index < -0.39 is 16.0 Å². The van der Waals surface area contributed by atoms with Crippen LogP contribution in [0, 0.1) is 5.92 Å². The molecule has 150 valence electrons. The van der Waals surface area contributed by atoms with Crippen molar-refractivity contribution in [1.82, 2.24) is 9.21 Å². The lowest BCUT2D eigenvalue weighted by Gasteiger charge is -2.30. The molecule has 1 heterocycles. The van der Waals surface area contributed by atoms with Gasteiger partial charge in [-0.05, 0) is 37.0 Å². The van der Waals surface area contributed by atoms with Gasteiger partial charge in [-0.3, -0.25) is 4.79 Å². The normalized spacial score (nSPS) is 17.8. The standard InChI is InChI=1S/C19H28N2O5S/c1-4-21(5-2)27(24,25)17-10-6-9-16(12-17)19(23)26-14-18(22)20-11-7-8-15(3)13-20/h6,9-10,12,15H,4-5,7-8,11,13-14H2,1-3H3. The molecule has 0 saturated carbocycles. The highest BCUT2D eigenvalue weighted by atomic mass is 32.2. The Kier molecular flexibility index (Phi) is 7.38. The lowest BCUT2D eigenvalue weighted by atomic mass is 10.0. The van der Waals surface area contributed by atoms with E-state index in [9.17, 15) is 18.0 Å². The number of hydrogen-bond acceptors (Lipinski definition) is 5. The van der Waals surface area contributed by atoms with E-state index in [0.717, 1.165) is 12.8 Å². The number of ether oxygens (including phenoxy) is 1. The number of esters is 1. The number of amides is 1. The van der Waals surface area contributed by atoms with Crippen LogP contribution in [0.25, 0.3) is 0 Å². The van der Waals surface area contributed by atoms with Gasteiger partial charge in [0.1, 0.15) is 0 Å². The van der Waals surface area contributed by atoms with Gasteiger partial charge in [-0.1, -0.05) is 26.8 Å². The minimum atomic E-state index is -3.66. The van der Waals surface area contributed by atoms with Crippen molar-refractivity contribution in [2.45, 2.75) is 38.5 Å². The van der Waals surface area contributed by atoms with Gasteiger partial charge in [-0.15, -0.1) is 0 Å². The number of benzene rings is 1. The van der Waals surface area contributed by atoms with Crippen LogP contribution in [0.1, 0.15) is 44.0 Å². The van der Waals surface area contributed by atoms with E-state index >= 15 is 0 Å². The van der Waals surface area contributed by atoms with E-state index in [1.165, 1.54) is 28.6 Å². The SMILES string of the molecule is CCN(CC)S(=O)(=O)c1cccc(C(=O)OCC(=O)N2CCCC(C)C2)c1. The summed E-state index contributed by atoms with van der Waals surface area (Å²) < 4.78 is 31.6.